The van der Waals surface area contributed by atoms with Crippen molar-refractivity contribution >= 4 is 35.1 Å². The zero-order chi connectivity index (χ0) is 24.6. The molecule has 0 unspecified atom stereocenters. The Morgan fingerprint density at radius 3 is 2.35 bits per heavy atom. The Morgan fingerprint density at radius 2 is 1.68 bits per heavy atom. The molecule has 2 aliphatic rings. The van der Waals surface area contributed by atoms with Crippen LogP contribution in [0.2, 0.25) is 5.02 Å². The fourth-order valence-corrected chi connectivity index (χ4v) is 5.29. The molecular weight excluding hydrogens is 456 g/mol. The number of benzene rings is 2. The van der Waals surface area contributed by atoms with Crippen molar-refractivity contribution in [2.24, 2.45) is 17.8 Å². The van der Waals surface area contributed by atoms with Crippen LogP contribution in [0.1, 0.15) is 82.2 Å². The first-order valence-electron chi connectivity index (χ1n) is 11.6. The van der Waals surface area contributed by atoms with Crippen LogP contribution in [0, 0.1) is 17.8 Å². The van der Waals surface area contributed by atoms with Gasteiger partial charge in [0, 0.05) is 16.7 Å². The molecule has 0 bridgehead atoms. The lowest BCUT2D eigenvalue weighted by molar-refractivity contribution is -0.159. The quantitative estimate of drug-likeness (QED) is 0.460. The van der Waals surface area contributed by atoms with Crippen molar-refractivity contribution in [1.82, 2.24) is 0 Å². The van der Waals surface area contributed by atoms with Crippen LogP contribution >= 0.6 is 11.6 Å². The Morgan fingerprint density at radius 1 is 1.00 bits per heavy atom. The van der Waals surface area contributed by atoms with Crippen LogP contribution in [-0.2, 0) is 14.3 Å². The zero-order valence-electron chi connectivity index (χ0n) is 19.4. The van der Waals surface area contributed by atoms with Gasteiger partial charge < -0.3 is 9.47 Å². The number of fused-ring (bicyclic) bond motifs is 2. The Balaban J connectivity index is 1.47. The summed E-state index contributed by atoms with van der Waals surface area (Å²) < 4.78 is 10.8. The van der Waals surface area contributed by atoms with E-state index in [2.05, 4.69) is 20.8 Å². The van der Waals surface area contributed by atoms with Gasteiger partial charge in [-0.3, -0.25) is 9.59 Å². The standard InChI is InChI=1S/C27H27ClO6/c1-14(2)16-9-8-15(3)12-21(16)34-22(29)13-33-27(32)20-11-10-19-23(24(20)28)26(31)18-7-5-4-6-17(18)25(19)30/h4-7,10-11,14-16,21H,8-9,12-13H2,1-3H3/t15-,16+,21-/m1/s1. The molecule has 0 aromatic heterocycles. The van der Waals surface area contributed by atoms with E-state index in [0.29, 0.717) is 17.4 Å². The monoisotopic (exact) mass is 482 g/mol. The maximum absolute atomic E-state index is 13.0. The van der Waals surface area contributed by atoms with Crippen LogP contribution in [0.25, 0.3) is 0 Å². The van der Waals surface area contributed by atoms with Crippen molar-refractivity contribution < 1.29 is 28.7 Å². The number of ketones is 2. The molecular formula is C27H27ClO6. The third-order valence-electron chi connectivity index (χ3n) is 6.82. The minimum absolute atomic E-state index is 0.0293. The van der Waals surface area contributed by atoms with Gasteiger partial charge in [-0.1, -0.05) is 63.1 Å². The van der Waals surface area contributed by atoms with Crippen LogP contribution in [0.4, 0.5) is 0 Å². The highest BCUT2D eigenvalue weighted by atomic mass is 35.5. The summed E-state index contributed by atoms with van der Waals surface area (Å²) in [4.78, 5) is 50.9. The van der Waals surface area contributed by atoms with Crippen LogP contribution in [0.15, 0.2) is 36.4 Å². The van der Waals surface area contributed by atoms with Gasteiger partial charge in [0.15, 0.2) is 18.2 Å². The molecule has 0 saturated heterocycles. The molecule has 0 radical (unpaired) electrons. The molecule has 0 heterocycles. The minimum Gasteiger partial charge on any atom is -0.460 e. The Bertz CT molecular complexity index is 1170. The van der Waals surface area contributed by atoms with Crippen molar-refractivity contribution in [3.05, 3.63) is 69.2 Å². The van der Waals surface area contributed by atoms with E-state index in [-0.39, 0.29) is 45.1 Å². The van der Waals surface area contributed by atoms with Gasteiger partial charge in [-0.25, -0.2) is 9.59 Å². The summed E-state index contributed by atoms with van der Waals surface area (Å²) in [7, 11) is 0. The molecule has 0 aliphatic heterocycles. The number of carbonyl (C=O) groups excluding carboxylic acids is 4. The number of hydrogen-bond donors (Lipinski definition) is 0. The lowest BCUT2D eigenvalue weighted by Crippen LogP contribution is -2.36. The minimum atomic E-state index is -0.860. The summed E-state index contributed by atoms with van der Waals surface area (Å²) in [6.45, 7) is 5.81. The second kappa shape index (κ2) is 9.71. The second-order valence-electron chi connectivity index (χ2n) is 9.48. The molecule has 34 heavy (non-hydrogen) atoms. The number of esters is 2. The third kappa shape index (κ3) is 4.51. The van der Waals surface area contributed by atoms with E-state index >= 15 is 0 Å². The molecule has 4 rings (SSSR count). The van der Waals surface area contributed by atoms with E-state index in [9.17, 15) is 19.2 Å². The average Bonchev–Trinajstić information content (AvgIpc) is 2.80. The van der Waals surface area contributed by atoms with Crippen LogP contribution in [0.3, 0.4) is 0 Å². The van der Waals surface area contributed by atoms with Gasteiger partial charge in [0.05, 0.1) is 16.1 Å². The SMILES string of the molecule is CC(C)[C@@H]1CC[C@@H](C)C[C@H]1OC(=O)COC(=O)c1ccc2c(c1Cl)C(=O)c1ccccc1C2=O. The summed E-state index contributed by atoms with van der Waals surface area (Å²) in [5, 5.41) is -0.162. The average molecular weight is 483 g/mol. The predicted molar refractivity (Wildman–Crippen MR) is 126 cm³/mol. The van der Waals surface area contributed by atoms with E-state index in [4.69, 9.17) is 21.1 Å². The summed E-state index contributed by atoms with van der Waals surface area (Å²) >= 11 is 6.40. The number of ether oxygens (including phenoxy) is 2. The van der Waals surface area contributed by atoms with Crippen LogP contribution < -0.4 is 0 Å². The van der Waals surface area contributed by atoms with Gasteiger partial charge in [0.25, 0.3) is 0 Å². The molecule has 178 valence electrons. The summed E-state index contributed by atoms with van der Waals surface area (Å²) in [5.41, 5.74) is 0.553. The van der Waals surface area contributed by atoms with E-state index in [0.717, 1.165) is 19.3 Å². The lowest BCUT2D eigenvalue weighted by Gasteiger charge is -2.36. The largest absolute Gasteiger partial charge is 0.460 e. The molecule has 3 atom stereocenters. The topological polar surface area (TPSA) is 86.7 Å². The molecule has 0 N–H and O–H groups in total. The number of carbonyl (C=O) groups is 4. The predicted octanol–water partition coefficient (Wildman–Crippen LogP) is 5.28. The van der Waals surface area contributed by atoms with Crippen molar-refractivity contribution in [3.63, 3.8) is 0 Å². The normalized spacial score (nSPS) is 21.6. The van der Waals surface area contributed by atoms with Gasteiger partial charge in [0.1, 0.15) is 6.10 Å². The fraction of sp³-hybridized carbons (Fsp3) is 0.407. The maximum atomic E-state index is 13.0. The van der Waals surface area contributed by atoms with Crippen molar-refractivity contribution in [2.75, 3.05) is 6.61 Å². The van der Waals surface area contributed by atoms with Gasteiger partial charge in [-0.2, -0.15) is 0 Å². The van der Waals surface area contributed by atoms with E-state index < -0.39 is 24.3 Å². The maximum Gasteiger partial charge on any atom is 0.344 e. The number of rotatable bonds is 5. The van der Waals surface area contributed by atoms with E-state index in [1.54, 1.807) is 24.3 Å². The van der Waals surface area contributed by atoms with Crippen molar-refractivity contribution in [3.8, 4) is 0 Å². The first-order valence-corrected chi connectivity index (χ1v) is 11.9. The van der Waals surface area contributed by atoms with Crippen molar-refractivity contribution in [2.45, 2.75) is 46.1 Å². The Hall–Kier alpha value is -2.99. The molecule has 0 spiro atoms. The fourth-order valence-electron chi connectivity index (χ4n) is 4.96. The van der Waals surface area contributed by atoms with Crippen LogP contribution in [0.5, 0.6) is 0 Å². The lowest BCUT2D eigenvalue weighted by atomic mass is 9.75. The van der Waals surface area contributed by atoms with Crippen LogP contribution in [-0.4, -0.2) is 36.2 Å². The van der Waals surface area contributed by atoms with Gasteiger partial charge in [0.2, 0.25) is 0 Å². The summed E-state index contributed by atoms with van der Waals surface area (Å²) in [6, 6.07) is 9.19. The molecule has 0 amide bonds. The highest BCUT2D eigenvalue weighted by molar-refractivity contribution is 6.41. The molecule has 1 saturated carbocycles. The zero-order valence-corrected chi connectivity index (χ0v) is 20.2. The van der Waals surface area contributed by atoms with E-state index in [1.165, 1.54) is 12.1 Å². The van der Waals surface area contributed by atoms with Gasteiger partial charge >= 0.3 is 11.9 Å². The molecule has 2 aromatic carbocycles. The first-order chi connectivity index (χ1) is 16.2. The first kappa shape index (κ1) is 24.1. The molecule has 2 aromatic rings. The highest BCUT2D eigenvalue weighted by Gasteiger charge is 2.35. The highest BCUT2D eigenvalue weighted by Crippen LogP contribution is 2.36. The van der Waals surface area contributed by atoms with Crippen molar-refractivity contribution in [1.29, 1.82) is 0 Å². The molecule has 7 heteroatoms. The number of halogens is 1. The summed E-state index contributed by atoms with van der Waals surface area (Å²) in [5.74, 6) is -1.12. The smallest absolute Gasteiger partial charge is 0.344 e. The molecule has 1 fully saturated rings. The van der Waals surface area contributed by atoms with E-state index in [1.807, 2.05) is 0 Å². The number of hydrogen-bond acceptors (Lipinski definition) is 6. The summed E-state index contributed by atoms with van der Waals surface area (Å²) in [6.07, 6.45) is 2.69. The second-order valence-corrected chi connectivity index (χ2v) is 9.86. The molecule has 2 aliphatic carbocycles. The Kier molecular flexibility index (Phi) is 6.89. The third-order valence-corrected chi connectivity index (χ3v) is 7.21. The van der Waals surface area contributed by atoms with Gasteiger partial charge in [-0.05, 0) is 42.7 Å². The molecule has 6 nitrogen and oxygen atoms in total. The van der Waals surface area contributed by atoms with Gasteiger partial charge in [-0.15, -0.1) is 0 Å². The Labute approximate surface area is 203 Å².